The molecule has 3 nitrogen and oxygen atoms in total. The fourth-order valence-electron chi connectivity index (χ4n) is 2.15. The van der Waals surface area contributed by atoms with Crippen LogP contribution in [0.25, 0.3) is 20.8 Å². The van der Waals surface area contributed by atoms with Gasteiger partial charge in [0.2, 0.25) is 0 Å². The quantitative estimate of drug-likeness (QED) is 0.696. The van der Waals surface area contributed by atoms with Crippen LogP contribution in [0, 0.1) is 0 Å². The van der Waals surface area contributed by atoms with Crippen molar-refractivity contribution in [3.63, 3.8) is 0 Å². The molecule has 0 aliphatic rings. The van der Waals surface area contributed by atoms with E-state index >= 15 is 0 Å². The fourth-order valence-corrected chi connectivity index (χ4v) is 3.11. The van der Waals surface area contributed by atoms with E-state index < -0.39 is 0 Å². The summed E-state index contributed by atoms with van der Waals surface area (Å²) >= 11 is 1.68. The van der Waals surface area contributed by atoms with Crippen LogP contribution in [0.15, 0.2) is 42.5 Å². The highest BCUT2D eigenvalue weighted by Gasteiger charge is 2.11. The second-order valence-corrected chi connectivity index (χ2v) is 6.05. The minimum atomic E-state index is 0.118. The number of hydrogen-bond acceptors (Lipinski definition) is 4. The van der Waals surface area contributed by atoms with Crippen LogP contribution < -0.4 is 9.47 Å². The summed E-state index contributed by atoms with van der Waals surface area (Å²) < 4.78 is 12.4. The highest BCUT2D eigenvalue weighted by Crippen LogP contribution is 2.36. The molecule has 0 spiro atoms. The summed E-state index contributed by atoms with van der Waals surface area (Å²) in [7, 11) is 1.66. The Labute approximate surface area is 128 Å². The third-order valence-electron chi connectivity index (χ3n) is 3.07. The summed E-state index contributed by atoms with van der Waals surface area (Å²) in [4.78, 5) is 4.67. The van der Waals surface area contributed by atoms with Crippen molar-refractivity contribution >= 4 is 21.6 Å². The van der Waals surface area contributed by atoms with Gasteiger partial charge < -0.3 is 9.47 Å². The molecule has 1 aromatic heterocycles. The van der Waals surface area contributed by atoms with E-state index in [2.05, 4.69) is 11.1 Å². The van der Waals surface area contributed by atoms with Gasteiger partial charge in [-0.2, -0.15) is 0 Å². The van der Waals surface area contributed by atoms with Gasteiger partial charge in [-0.05, 0) is 44.2 Å². The Morgan fingerprint density at radius 3 is 2.57 bits per heavy atom. The summed E-state index contributed by atoms with van der Waals surface area (Å²) in [5.41, 5.74) is 2.07. The molecule has 0 aliphatic heterocycles. The van der Waals surface area contributed by atoms with E-state index in [0.29, 0.717) is 0 Å². The number of methoxy groups -OCH3 is 1. The van der Waals surface area contributed by atoms with Crippen molar-refractivity contribution in [3.8, 4) is 22.1 Å². The first-order valence-corrected chi connectivity index (χ1v) is 7.69. The summed E-state index contributed by atoms with van der Waals surface area (Å²) in [5.74, 6) is 1.50. The Morgan fingerprint density at radius 1 is 1.05 bits per heavy atom. The van der Waals surface area contributed by atoms with E-state index in [1.54, 1.807) is 18.4 Å². The van der Waals surface area contributed by atoms with Crippen LogP contribution in [-0.2, 0) is 0 Å². The molecule has 4 heteroatoms. The van der Waals surface area contributed by atoms with E-state index in [1.165, 1.54) is 4.70 Å². The topological polar surface area (TPSA) is 31.4 Å². The number of rotatable bonds is 4. The zero-order chi connectivity index (χ0) is 14.8. The molecule has 108 valence electrons. The Hall–Kier alpha value is -2.07. The molecule has 0 unspecified atom stereocenters. The molecule has 0 saturated heterocycles. The molecule has 2 aromatic carbocycles. The average Bonchev–Trinajstić information content (AvgIpc) is 2.91. The minimum absolute atomic E-state index is 0.118. The van der Waals surface area contributed by atoms with Crippen LogP contribution >= 0.6 is 11.3 Å². The van der Waals surface area contributed by atoms with Gasteiger partial charge in [0, 0.05) is 5.56 Å². The molecule has 0 aliphatic carbocycles. The average molecular weight is 299 g/mol. The molecule has 3 rings (SSSR count). The van der Waals surface area contributed by atoms with Crippen LogP contribution in [-0.4, -0.2) is 18.2 Å². The molecule has 3 aromatic rings. The van der Waals surface area contributed by atoms with E-state index in [1.807, 2.05) is 50.2 Å². The zero-order valence-electron chi connectivity index (χ0n) is 12.3. The normalized spacial score (nSPS) is 11.0. The number of ether oxygens (including phenoxy) is 2. The molecular weight excluding hydrogens is 282 g/mol. The standard InChI is InChI=1S/C17H17NO2S/c1-11(2)20-14-9-8-12(10-15(14)19-3)17-18-13-6-4-5-7-16(13)21-17/h4-11H,1-3H3. The molecule has 0 amide bonds. The number of para-hydroxylation sites is 1. The lowest BCUT2D eigenvalue weighted by Crippen LogP contribution is -2.06. The number of aromatic nitrogens is 1. The van der Waals surface area contributed by atoms with E-state index in [0.717, 1.165) is 27.6 Å². The molecule has 0 radical (unpaired) electrons. The largest absolute Gasteiger partial charge is 0.493 e. The highest BCUT2D eigenvalue weighted by atomic mass is 32.1. The van der Waals surface area contributed by atoms with Gasteiger partial charge >= 0.3 is 0 Å². The molecule has 1 heterocycles. The second kappa shape index (κ2) is 5.74. The molecule has 0 bridgehead atoms. The molecule has 21 heavy (non-hydrogen) atoms. The lowest BCUT2D eigenvalue weighted by molar-refractivity contribution is 0.230. The fraction of sp³-hybridized carbons (Fsp3) is 0.235. The smallest absolute Gasteiger partial charge is 0.161 e. The van der Waals surface area contributed by atoms with Crippen LogP contribution in [0.3, 0.4) is 0 Å². The number of fused-ring (bicyclic) bond motifs is 1. The van der Waals surface area contributed by atoms with Crippen molar-refractivity contribution in [2.24, 2.45) is 0 Å². The molecule has 0 atom stereocenters. The Bertz CT molecular complexity index is 731. The predicted molar refractivity (Wildman–Crippen MR) is 87.4 cm³/mol. The maximum Gasteiger partial charge on any atom is 0.161 e. The SMILES string of the molecule is COc1cc(-c2nc3ccccc3s2)ccc1OC(C)C. The van der Waals surface area contributed by atoms with Crippen LogP contribution in [0.5, 0.6) is 11.5 Å². The third-order valence-corrected chi connectivity index (χ3v) is 4.15. The van der Waals surface area contributed by atoms with Crippen molar-refractivity contribution < 1.29 is 9.47 Å². The minimum Gasteiger partial charge on any atom is -0.493 e. The van der Waals surface area contributed by atoms with Gasteiger partial charge in [-0.25, -0.2) is 4.98 Å². The first-order chi connectivity index (χ1) is 10.2. The van der Waals surface area contributed by atoms with Gasteiger partial charge in [-0.1, -0.05) is 12.1 Å². The van der Waals surface area contributed by atoms with Gasteiger partial charge in [0.15, 0.2) is 11.5 Å². The van der Waals surface area contributed by atoms with Crippen molar-refractivity contribution in [2.45, 2.75) is 20.0 Å². The van der Waals surface area contributed by atoms with Crippen molar-refractivity contribution in [1.82, 2.24) is 4.98 Å². The predicted octanol–water partition coefficient (Wildman–Crippen LogP) is 4.76. The molecular formula is C17H17NO2S. The first kappa shape index (κ1) is 13.9. The van der Waals surface area contributed by atoms with E-state index in [-0.39, 0.29) is 6.10 Å². The highest BCUT2D eigenvalue weighted by molar-refractivity contribution is 7.21. The summed E-state index contributed by atoms with van der Waals surface area (Å²) in [6, 6.07) is 14.1. The van der Waals surface area contributed by atoms with Gasteiger partial charge in [-0.3, -0.25) is 0 Å². The monoisotopic (exact) mass is 299 g/mol. The maximum absolute atomic E-state index is 5.74. The molecule has 0 N–H and O–H groups in total. The summed E-state index contributed by atoms with van der Waals surface area (Å²) in [6.07, 6.45) is 0.118. The molecule has 0 fully saturated rings. The van der Waals surface area contributed by atoms with Gasteiger partial charge in [-0.15, -0.1) is 11.3 Å². The van der Waals surface area contributed by atoms with Crippen molar-refractivity contribution in [2.75, 3.05) is 7.11 Å². The Kier molecular flexibility index (Phi) is 3.80. The zero-order valence-corrected chi connectivity index (χ0v) is 13.1. The Balaban J connectivity index is 2.02. The maximum atomic E-state index is 5.74. The number of benzene rings is 2. The van der Waals surface area contributed by atoms with Crippen LogP contribution in [0.2, 0.25) is 0 Å². The van der Waals surface area contributed by atoms with Crippen LogP contribution in [0.1, 0.15) is 13.8 Å². The summed E-state index contributed by atoms with van der Waals surface area (Å²) in [6.45, 7) is 4.00. The molecule has 0 saturated carbocycles. The van der Waals surface area contributed by atoms with Gasteiger partial charge in [0.25, 0.3) is 0 Å². The van der Waals surface area contributed by atoms with Crippen molar-refractivity contribution in [3.05, 3.63) is 42.5 Å². The lowest BCUT2D eigenvalue weighted by Gasteiger charge is -2.13. The lowest BCUT2D eigenvalue weighted by atomic mass is 10.2. The second-order valence-electron chi connectivity index (χ2n) is 5.02. The summed E-state index contributed by atoms with van der Waals surface area (Å²) in [5, 5.41) is 0.991. The third kappa shape index (κ3) is 2.85. The van der Waals surface area contributed by atoms with Gasteiger partial charge in [0.1, 0.15) is 5.01 Å². The number of hydrogen-bond donors (Lipinski definition) is 0. The van der Waals surface area contributed by atoms with E-state index in [4.69, 9.17) is 9.47 Å². The number of nitrogens with zero attached hydrogens (tertiary/aromatic N) is 1. The van der Waals surface area contributed by atoms with Crippen LogP contribution in [0.4, 0.5) is 0 Å². The number of thiazole rings is 1. The van der Waals surface area contributed by atoms with Gasteiger partial charge in [0.05, 0.1) is 23.4 Å². The first-order valence-electron chi connectivity index (χ1n) is 6.88. The Morgan fingerprint density at radius 2 is 1.86 bits per heavy atom. The van der Waals surface area contributed by atoms with E-state index in [9.17, 15) is 0 Å². The van der Waals surface area contributed by atoms with Crippen molar-refractivity contribution in [1.29, 1.82) is 0 Å².